The predicted molar refractivity (Wildman–Crippen MR) is 111 cm³/mol. The summed E-state index contributed by atoms with van der Waals surface area (Å²) in [5, 5.41) is 3.20. The quantitative estimate of drug-likeness (QED) is 0.625. The molecule has 0 aromatic heterocycles. The molecule has 0 aliphatic heterocycles. The van der Waals surface area contributed by atoms with E-state index in [1.165, 1.54) is 29.5 Å². The number of carbonyl (C=O) groups is 1. The van der Waals surface area contributed by atoms with Crippen LogP contribution in [-0.4, -0.2) is 12.1 Å². The van der Waals surface area contributed by atoms with Crippen LogP contribution in [0.3, 0.4) is 0 Å². The zero-order valence-electron chi connectivity index (χ0n) is 16.3. The Kier molecular flexibility index (Phi) is 7.67. The van der Waals surface area contributed by atoms with Crippen molar-refractivity contribution in [3.8, 4) is 0 Å². The second-order valence-electron chi connectivity index (χ2n) is 7.45. The van der Waals surface area contributed by atoms with E-state index in [2.05, 4.69) is 58.0 Å². The second-order valence-corrected chi connectivity index (χ2v) is 7.85. The SMILES string of the molecule is CCCc1cc(CC)c(N(S)C(=O)NC2CCCC(C)C2)c(CC)c1. The van der Waals surface area contributed by atoms with Crippen molar-refractivity contribution in [2.24, 2.45) is 5.92 Å². The Balaban J connectivity index is 2.21. The Morgan fingerprint density at radius 1 is 1.20 bits per heavy atom. The Bertz CT molecular complexity index is 562. The molecular weight excluding hydrogens is 328 g/mol. The van der Waals surface area contributed by atoms with Crippen LogP contribution in [0.1, 0.15) is 76.5 Å². The molecule has 4 heteroatoms. The molecule has 3 nitrogen and oxygen atoms in total. The lowest BCUT2D eigenvalue weighted by Crippen LogP contribution is -2.43. The average Bonchev–Trinajstić information content (AvgIpc) is 2.60. The molecule has 1 aliphatic rings. The number of nitrogens with zero attached hydrogens (tertiary/aromatic N) is 1. The van der Waals surface area contributed by atoms with Crippen molar-refractivity contribution >= 4 is 24.5 Å². The van der Waals surface area contributed by atoms with Crippen molar-refractivity contribution < 1.29 is 4.79 Å². The van der Waals surface area contributed by atoms with Crippen molar-refractivity contribution in [2.75, 3.05) is 4.31 Å². The van der Waals surface area contributed by atoms with E-state index in [4.69, 9.17) is 0 Å². The number of thiol groups is 1. The molecule has 1 aromatic carbocycles. The fourth-order valence-electron chi connectivity index (χ4n) is 3.98. The van der Waals surface area contributed by atoms with Gasteiger partial charge in [0, 0.05) is 6.04 Å². The molecule has 0 spiro atoms. The lowest BCUT2D eigenvalue weighted by Gasteiger charge is -2.30. The lowest BCUT2D eigenvalue weighted by molar-refractivity contribution is 0.236. The van der Waals surface area contributed by atoms with E-state index in [0.717, 1.165) is 44.2 Å². The van der Waals surface area contributed by atoms with Gasteiger partial charge in [-0.25, -0.2) is 9.10 Å². The number of hydrogen-bond donors (Lipinski definition) is 2. The maximum absolute atomic E-state index is 12.8. The minimum Gasteiger partial charge on any atom is -0.334 e. The van der Waals surface area contributed by atoms with Gasteiger partial charge in [-0.15, -0.1) is 0 Å². The highest BCUT2D eigenvalue weighted by molar-refractivity contribution is 7.82. The van der Waals surface area contributed by atoms with Crippen LogP contribution in [0.5, 0.6) is 0 Å². The summed E-state index contributed by atoms with van der Waals surface area (Å²) >= 11 is 4.59. The van der Waals surface area contributed by atoms with Gasteiger partial charge >= 0.3 is 6.03 Å². The van der Waals surface area contributed by atoms with Gasteiger partial charge in [-0.2, -0.15) is 0 Å². The molecule has 25 heavy (non-hydrogen) atoms. The monoisotopic (exact) mass is 362 g/mol. The number of urea groups is 1. The van der Waals surface area contributed by atoms with Gasteiger partial charge in [-0.05, 0) is 54.7 Å². The van der Waals surface area contributed by atoms with Gasteiger partial charge in [0.25, 0.3) is 0 Å². The summed E-state index contributed by atoms with van der Waals surface area (Å²) in [6.45, 7) is 8.77. The largest absolute Gasteiger partial charge is 0.334 e. The summed E-state index contributed by atoms with van der Waals surface area (Å²) in [5.74, 6) is 0.693. The molecule has 1 aliphatic carbocycles. The van der Waals surface area contributed by atoms with Gasteiger partial charge in [0.1, 0.15) is 0 Å². The molecule has 1 fully saturated rings. The number of rotatable bonds is 6. The minimum atomic E-state index is -0.0879. The molecule has 0 bridgehead atoms. The summed E-state index contributed by atoms with van der Waals surface area (Å²) in [7, 11) is 0. The van der Waals surface area contributed by atoms with Gasteiger partial charge in [0.15, 0.2) is 0 Å². The van der Waals surface area contributed by atoms with Gasteiger partial charge < -0.3 is 5.32 Å². The third-order valence-electron chi connectivity index (χ3n) is 5.30. The first-order chi connectivity index (χ1) is 12.0. The molecule has 140 valence electrons. The van der Waals surface area contributed by atoms with E-state index in [9.17, 15) is 4.79 Å². The highest BCUT2D eigenvalue weighted by Crippen LogP contribution is 2.31. The lowest BCUT2D eigenvalue weighted by atomic mass is 9.87. The second kappa shape index (κ2) is 9.51. The number of hydrogen-bond acceptors (Lipinski definition) is 2. The van der Waals surface area contributed by atoms with Gasteiger partial charge in [0.05, 0.1) is 5.69 Å². The third-order valence-corrected chi connectivity index (χ3v) is 5.68. The van der Waals surface area contributed by atoms with Crippen molar-refractivity contribution in [2.45, 2.75) is 85.1 Å². The highest BCUT2D eigenvalue weighted by Gasteiger charge is 2.24. The standard InChI is InChI=1S/C21H34N2OS/c1-5-9-16-13-17(6-2)20(18(7-3)14-16)23(25)21(24)22-19-11-8-10-15(4)12-19/h13-15,19,25H,5-12H2,1-4H3,(H,22,24). The van der Waals surface area contributed by atoms with Gasteiger partial charge in [-0.3, -0.25) is 0 Å². The number of benzene rings is 1. The molecule has 2 atom stereocenters. The molecule has 0 saturated heterocycles. The molecule has 1 aromatic rings. The zero-order valence-corrected chi connectivity index (χ0v) is 17.2. The number of anilines is 1. The smallest absolute Gasteiger partial charge is 0.332 e. The summed E-state index contributed by atoms with van der Waals surface area (Å²) in [5.41, 5.74) is 4.77. The molecule has 0 radical (unpaired) electrons. The van der Waals surface area contributed by atoms with Crippen molar-refractivity contribution in [1.29, 1.82) is 0 Å². The Hall–Kier alpha value is -1.16. The maximum atomic E-state index is 12.8. The first kappa shape index (κ1) is 20.2. The molecule has 2 amide bonds. The van der Waals surface area contributed by atoms with E-state index < -0.39 is 0 Å². The fraction of sp³-hybridized carbons (Fsp3) is 0.667. The van der Waals surface area contributed by atoms with E-state index in [-0.39, 0.29) is 12.1 Å². The molecular formula is C21H34N2OS. The first-order valence-corrected chi connectivity index (χ1v) is 10.3. The van der Waals surface area contributed by atoms with Crippen LogP contribution >= 0.6 is 12.8 Å². The number of nitrogens with one attached hydrogen (secondary N) is 1. The Morgan fingerprint density at radius 3 is 2.36 bits per heavy atom. The minimum absolute atomic E-state index is 0.0879. The van der Waals surface area contributed by atoms with Crippen molar-refractivity contribution in [1.82, 2.24) is 5.32 Å². The Morgan fingerprint density at radius 2 is 1.84 bits per heavy atom. The number of aryl methyl sites for hydroxylation is 3. The third kappa shape index (κ3) is 5.16. The topological polar surface area (TPSA) is 32.3 Å². The summed E-state index contributed by atoms with van der Waals surface area (Å²) < 4.78 is 1.55. The summed E-state index contributed by atoms with van der Waals surface area (Å²) in [6.07, 6.45) is 8.66. The normalized spacial score (nSPS) is 20.4. The zero-order chi connectivity index (χ0) is 18.4. The van der Waals surface area contributed by atoms with Crippen LogP contribution in [0.15, 0.2) is 12.1 Å². The van der Waals surface area contributed by atoms with E-state index in [1.54, 1.807) is 4.31 Å². The van der Waals surface area contributed by atoms with Crippen LogP contribution in [-0.2, 0) is 19.3 Å². The molecule has 1 saturated carbocycles. The van der Waals surface area contributed by atoms with E-state index in [0.29, 0.717) is 5.92 Å². The number of amides is 2. The van der Waals surface area contributed by atoms with Crippen molar-refractivity contribution in [3.63, 3.8) is 0 Å². The highest BCUT2D eigenvalue weighted by atomic mass is 32.1. The Labute approximate surface area is 159 Å². The van der Waals surface area contributed by atoms with Crippen LogP contribution < -0.4 is 9.62 Å². The number of carbonyl (C=O) groups excluding carboxylic acids is 1. The van der Waals surface area contributed by atoms with Crippen molar-refractivity contribution in [3.05, 3.63) is 28.8 Å². The average molecular weight is 363 g/mol. The maximum Gasteiger partial charge on any atom is 0.332 e. The summed E-state index contributed by atoms with van der Waals surface area (Å²) in [4.78, 5) is 12.8. The molecule has 2 unspecified atom stereocenters. The van der Waals surface area contributed by atoms with Gasteiger partial charge in [-0.1, -0.05) is 71.9 Å². The van der Waals surface area contributed by atoms with Gasteiger partial charge in [0.2, 0.25) is 0 Å². The molecule has 2 rings (SSSR count). The van der Waals surface area contributed by atoms with Crippen LogP contribution in [0.2, 0.25) is 0 Å². The molecule has 0 heterocycles. The van der Waals surface area contributed by atoms with E-state index >= 15 is 0 Å². The fourth-order valence-corrected chi connectivity index (χ4v) is 4.29. The molecule has 1 N–H and O–H groups in total. The summed E-state index contributed by atoms with van der Waals surface area (Å²) in [6, 6.07) is 4.68. The predicted octanol–water partition coefficient (Wildman–Crippen LogP) is 5.70. The van der Waals surface area contributed by atoms with Crippen LogP contribution in [0.25, 0.3) is 0 Å². The van der Waals surface area contributed by atoms with E-state index in [1.807, 2.05) is 0 Å². The first-order valence-electron chi connectivity index (χ1n) is 9.94. The van der Waals surface area contributed by atoms with Crippen LogP contribution in [0, 0.1) is 5.92 Å². The van der Waals surface area contributed by atoms with Crippen LogP contribution in [0.4, 0.5) is 10.5 Å².